The van der Waals surface area contributed by atoms with Gasteiger partial charge in [-0.2, -0.15) is 11.3 Å². The van der Waals surface area contributed by atoms with Crippen LogP contribution in [-0.2, 0) is 15.1 Å². The van der Waals surface area contributed by atoms with Crippen LogP contribution in [0.4, 0.5) is 4.39 Å². The minimum atomic E-state index is -1.24. The number of piperidine rings is 1. The second-order valence-electron chi connectivity index (χ2n) is 9.05. The van der Waals surface area contributed by atoms with Crippen molar-refractivity contribution in [2.24, 2.45) is 0 Å². The molecule has 1 aliphatic rings. The molecule has 3 heterocycles. The molecule has 1 fully saturated rings. The van der Waals surface area contributed by atoms with Gasteiger partial charge in [0.05, 0.1) is 5.69 Å². The zero-order valence-corrected chi connectivity index (χ0v) is 22.8. The Morgan fingerprint density at radius 2 is 1.89 bits per heavy atom. The number of hydrogen-bond donors (Lipinski definition) is 1. The van der Waals surface area contributed by atoms with Crippen molar-refractivity contribution < 1.29 is 18.7 Å². The zero-order valence-electron chi connectivity index (χ0n) is 20.4. The third-order valence-electron chi connectivity index (χ3n) is 6.81. The molecule has 3 atom stereocenters. The number of carbonyl (C=O) groups is 2. The number of thiol groups is 1. The second kappa shape index (κ2) is 10.9. The van der Waals surface area contributed by atoms with Crippen molar-refractivity contribution in [1.29, 1.82) is 0 Å². The van der Waals surface area contributed by atoms with Gasteiger partial charge in [0.2, 0.25) is 11.8 Å². The van der Waals surface area contributed by atoms with Gasteiger partial charge in [0.25, 0.3) is 0 Å². The fourth-order valence-electron chi connectivity index (χ4n) is 4.89. The maximum absolute atomic E-state index is 13.8. The Bertz CT molecular complexity index is 1460. The zero-order chi connectivity index (χ0) is 26.9. The first-order chi connectivity index (χ1) is 18.3. The fourth-order valence-corrected chi connectivity index (χ4v) is 6.26. The van der Waals surface area contributed by atoms with Crippen LogP contribution in [0.15, 0.2) is 83.6 Å². The van der Waals surface area contributed by atoms with Gasteiger partial charge < -0.3 is 4.74 Å². The summed E-state index contributed by atoms with van der Waals surface area (Å²) in [6.07, 6.45) is 0.227. The Morgan fingerprint density at radius 3 is 2.58 bits per heavy atom. The molecule has 0 spiro atoms. The number of rotatable bonds is 7. The lowest BCUT2D eigenvalue weighted by Gasteiger charge is -2.45. The second-order valence-corrected chi connectivity index (χ2v) is 10.6. The number of Topliss-reactive ketones (excluding diaryl/α,β-unsaturated/α-hetero) is 1. The predicted molar refractivity (Wildman–Crippen MR) is 149 cm³/mol. The fraction of sp³-hybridized carbons (Fsp3) is 0.207. The number of halogens is 2. The van der Waals surface area contributed by atoms with Gasteiger partial charge in [-0.15, -0.1) is 0 Å². The number of ether oxygens (including phenoxy) is 1. The summed E-state index contributed by atoms with van der Waals surface area (Å²) in [5.41, 5.74) is 1.21. The Kier molecular flexibility index (Phi) is 7.56. The van der Waals surface area contributed by atoms with E-state index in [2.05, 4.69) is 12.8 Å². The van der Waals surface area contributed by atoms with Crippen molar-refractivity contribution in [1.82, 2.24) is 9.29 Å². The topological polar surface area (TPSA) is 59.5 Å². The third-order valence-corrected chi connectivity index (χ3v) is 8.37. The maximum atomic E-state index is 13.8. The lowest BCUT2D eigenvalue weighted by Crippen LogP contribution is -2.54. The van der Waals surface area contributed by atoms with Crippen molar-refractivity contribution in [3.63, 3.8) is 0 Å². The van der Waals surface area contributed by atoms with E-state index in [4.69, 9.17) is 21.3 Å². The molecular weight excluding hydrogens is 543 g/mol. The monoisotopic (exact) mass is 566 g/mol. The first kappa shape index (κ1) is 26.4. The number of pyridine rings is 1. The normalized spacial score (nSPS) is 20.4. The number of aromatic nitrogens is 1. The molecule has 3 unspecified atom stereocenters. The molecule has 0 saturated carbocycles. The minimum absolute atomic E-state index is 0.0412. The molecule has 194 valence electrons. The molecule has 2 aromatic heterocycles. The molecule has 0 N–H and O–H groups in total. The minimum Gasteiger partial charge on any atom is -0.469 e. The highest BCUT2D eigenvalue weighted by Gasteiger charge is 2.53. The molecule has 9 heteroatoms. The molecule has 1 amide bonds. The lowest BCUT2D eigenvalue weighted by molar-refractivity contribution is -0.142. The smallest absolute Gasteiger partial charge is 0.248 e. The SMILES string of the molecule is CCC(Oc1cccc(C2(c3ccsc3)CC(=O)C(c3ccccc3Cl)C(=O)N2S)n1)c1ccc(F)cc1. The molecule has 0 bridgehead atoms. The van der Waals surface area contributed by atoms with Crippen molar-refractivity contribution >= 4 is 47.4 Å². The molecule has 0 radical (unpaired) electrons. The molecular formula is C29H24ClFN2O3S2. The molecule has 5 nitrogen and oxygen atoms in total. The number of thiophene rings is 1. The summed E-state index contributed by atoms with van der Waals surface area (Å²) < 4.78 is 21.0. The molecule has 2 aromatic carbocycles. The maximum Gasteiger partial charge on any atom is 0.248 e. The predicted octanol–water partition coefficient (Wildman–Crippen LogP) is 7.14. The van der Waals surface area contributed by atoms with E-state index < -0.39 is 17.4 Å². The summed E-state index contributed by atoms with van der Waals surface area (Å²) in [6.45, 7) is 1.97. The average Bonchev–Trinajstić information content (AvgIpc) is 3.47. The molecule has 1 aliphatic heterocycles. The van der Waals surface area contributed by atoms with Gasteiger partial charge in [0.1, 0.15) is 23.4 Å². The van der Waals surface area contributed by atoms with E-state index in [0.29, 0.717) is 28.6 Å². The molecule has 5 rings (SSSR count). The Labute approximate surface area is 234 Å². The Balaban J connectivity index is 1.55. The van der Waals surface area contributed by atoms with Crippen LogP contribution in [0.3, 0.4) is 0 Å². The van der Waals surface area contributed by atoms with E-state index in [1.807, 2.05) is 23.8 Å². The van der Waals surface area contributed by atoms with Gasteiger partial charge in [-0.3, -0.25) is 13.9 Å². The van der Waals surface area contributed by atoms with E-state index >= 15 is 0 Å². The van der Waals surface area contributed by atoms with E-state index in [-0.39, 0.29) is 24.1 Å². The van der Waals surface area contributed by atoms with E-state index in [0.717, 1.165) is 11.1 Å². The van der Waals surface area contributed by atoms with Gasteiger partial charge in [-0.05, 0) is 64.2 Å². The van der Waals surface area contributed by atoms with Crippen molar-refractivity contribution in [2.75, 3.05) is 0 Å². The van der Waals surface area contributed by atoms with Crippen molar-refractivity contribution in [3.8, 4) is 5.88 Å². The van der Waals surface area contributed by atoms with Crippen LogP contribution in [-0.4, -0.2) is 21.0 Å². The first-order valence-corrected chi connectivity index (χ1v) is 13.8. The standard InChI is InChI=1S/C29H24ClFN2O3S2/c1-2-24(18-10-12-20(31)13-11-18)36-26-9-5-8-25(32-26)29(19-14-15-38-17-19)16-23(34)27(28(35)33(29)37)21-6-3-4-7-22(21)30/h3-15,17,24,27,37H,2,16H2,1H3. The number of nitrogens with zero attached hydrogens (tertiary/aromatic N) is 2. The average molecular weight is 567 g/mol. The van der Waals surface area contributed by atoms with Crippen LogP contribution < -0.4 is 4.74 Å². The van der Waals surface area contributed by atoms with Crippen LogP contribution in [0.25, 0.3) is 0 Å². The van der Waals surface area contributed by atoms with Crippen molar-refractivity contribution in [3.05, 3.63) is 117 Å². The van der Waals surface area contributed by atoms with Gasteiger partial charge >= 0.3 is 0 Å². The van der Waals surface area contributed by atoms with E-state index in [1.165, 1.54) is 27.8 Å². The molecule has 38 heavy (non-hydrogen) atoms. The van der Waals surface area contributed by atoms with Gasteiger partial charge in [-0.25, -0.2) is 9.37 Å². The summed E-state index contributed by atoms with van der Waals surface area (Å²) in [6, 6.07) is 20.1. The number of carbonyl (C=O) groups excluding carboxylic acids is 2. The number of amides is 1. The first-order valence-electron chi connectivity index (χ1n) is 12.1. The third kappa shape index (κ3) is 4.72. The van der Waals surface area contributed by atoms with Gasteiger partial charge in [0.15, 0.2) is 5.78 Å². The Hall–Kier alpha value is -3.20. The molecule has 4 aromatic rings. The summed E-state index contributed by atoms with van der Waals surface area (Å²) in [4.78, 5) is 32.2. The van der Waals surface area contributed by atoms with Crippen LogP contribution in [0.1, 0.15) is 54.2 Å². The summed E-state index contributed by atoms with van der Waals surface area (Å²) in [5.74, 6) is -1.81. The Morgan fingerprint density at radius 1 is 1.13 bits per heavy atom. The van der Waals surface area contributed by atoms with Crippen molar-refractivity contribution in [2.45, 2.75) is 37.3 Å². The number of benzene rings is 2. The highest BCUT2D eigenvalue weighted by atomic mass is 35.5. The highest BCUT2D eigenvalue weighted by molar-refractivity contribution is 7.78. The molecule has 1 saturated heterocycles. The summed E-state index contributed by atoms with van der Waals surface area (Å²) >= 11 is 12.5. The molecule has 0 aliphatic carbocycles. The van der Waals surface area contributed by atoms with Crippen LogP contribution in [0.5, 0.6) is 5.88 Å². The highest BCUT2D eigenvalue weighted by Crippen LogP contribution is 2.48. The van der Waals surface area contributed by atoms with Gasteiger partial charge in [0, 0.05) is 17.5 Å². The van der Waals surface area contributed by atoms with Crippen LogP contribution >= 0.6 is 35.8 Å². The summed E-state index contributed by atoms with van der Waals surface area (Å²) in [5, 5.41) is 4.13. The van der Waals surface area contributed by atoms with E-state index in [9.17, 15) is 14.0 Å². The summed E-state index contributed by atoms with van der Waals surface area (Å²) in [7, 11) is 0. The van der Waals surface area contributed by atoms with E-state index in [1.54, 1.807) is 54.6 Å². The largest absolute Gasteiger partial charge is 0.469 e. The number of ketones is 1. The van der Waals surface area contributed by atoms with Crippen LogP contribution in [0, 0.1) is 5.82 Å². The van der Waals surface area contributed by atoms with Crippen LogP contribution in [0.2, 0.25) is 5.02 Å². The van der Waals surface area contributed by atoms with Gasteiger partial charge in [-0.1, -0.05) is 67.7 Å². The quantitative estimate of drug-likeness (QED) is 0.191. The lowest BCUT2D eigenvalue weighted by atomic mass is 9.75. The number of hydrogen-bond acceptors (Lipinski definition) is 6.